The van der Waals surface area contributed by atoms with E-state index in [-0.39, 0.29) is 11.4 Å². The fourth-order valence-electron chi connectivity index (χ4n) is 3.93. The highest BCUT2D eigenvalue weighted by molar-refractivity contribution is 7.89. The molecule has 148 valence electrons. The second-order valence-corrected chi connectivity index (χ2v) is 9.06. The fourth-order valence-corrected chi connectivity index (χ4v) is 5.74. The number of morpholine rings is 1. The number of pyridine rings is 1. The predicted octanol–water partition coefficient (Wildman–Crippen LogP) is 1.23. The molecule has 9 nitrogen and oxygen atoms in total. The molecule has 28 heavy (non-hydrogen) atoms. The van der Waals surface area contributed by atoms with Gasteiger partial charge in [-0.25, -0.2) is 13.4 Å². The number of sulfonamides is 1. The van der Waals surface area contributed by atoms with E-state index in [4.69, 9.17) is 14.5 Å². The van der Waals surface area contributed by atoms with Crippen LogP contribution in [-0.4, -0.2) is 61.3 Å². The molecule has 0 N–H and O–H groups in total. The van der Waals surface area contributed by atoms with E-state index < -0.39 is 15.6 Å². The summed E-state index contributed by atoms with van der Waals surface area (Å²) in [5.41, 5.74) is 0.114. The van der Waals surface area contributed by atoms with Gasteiger partial charge in [-0.15, -0.1) is 0 Å². The summed E-state index contributed by atoms with van der Waals surface area (Å²) in [4.78, 5) is 6.55. The average Bonchev–Trinajstić information content (AvgIpc) is 3.25. The first kappa shape index (κ1) is 18.9. The lowest BCUT2D eigenvalue weighted by molar-refractivity contribution is -0.0438. The Bertz CT molecular complexity index is 1020. The van der Waals surface area contributed by atoms with Crippen LogP contribution in [0.15, 0.2) is 27.6 Å². The first-order chi connectivity index (χ1) is 13.3. The fraction of sp³-hybridized carbons (Fsp3) is 0.500. The Labute approximate surface area is 163 Å². The third kappa shape index (κ3) is 3.15. The van der Waals surface area contributed by atoms with Crippen molar-refractivity contribution in [3.8, 4) is 6.07 Å². The maximum atomic E-state index is 13.1. The monoisotopic (exact) mass is 403 g/mol. The zero-order valence-corrected chi connectivity index (χ0v) is 16.6. The summed E-state index contributed by atoms with van der Waals surface area (Å²) in [6.45, 7) is 5.48. The van der Waals surface area contributed by atoms with Crippen LogP contribution in [0, 0.1) is 25.2 Å². The number of hydrogen-bond donors (Lipinski definition) is 0. The number of ether oxygens (including phenoxy) is 1. The van der Waals surface area contributed by atoms with Crippen LogP contribution in [0.2, 0.25) is 0 Å². The number of rotatable bonds is 3. The number of aromatic nitrogens is 2. The van der Waals surface area contributed by atoms with Gasteiger partial charge in [0.25, 0.3) is 0 Å². The van der Waals surface area contributed by atoms with Gasteiger partial charge >= 0.3 is 0 Å². The molecule has 2 aromatic rings. The molecule has 1 atom stereocenters. The molecule has 0 amide bonds. The van der Waals surface area contributed by atoms with Crippen LogP contribution >= 0.6 is 0 Å². The van der Waals surface area contributed by atoms with Gasteiger partial charge in [0.2, 0.25) is 10.0 Å². The van der Waals surface area contributed by atoms with E-state index in [9.17, 15) is 8.42 Å². The Balaban J connectivity index is 1.56. The van der Waals surface area contributed by atoms with E-state index in [1.54, 1.807) is 26.0 Å². The highest BCUT2D eigenvalue weighted by Gasteiger charge is 2.47. The second kappa shape index (κ2) is 6.84. The van der Waals surface area contributed by atoms with Crippen molar-refractivity contribution in [2.45, 2.75) is 30.8 Å². The summed E-state index contributed by atoms with van der Waals surface area (Å²) in [6.07, 6.45) is 0.587. The summed E-state index contributed by atoms with van der Waals surface area (Å²) in [5, 5.41) is 12.9. The number of nitriles is 1. The largest absolute Gasteiger partial charge is 0.370 e. The van der Waals surface area contributed by atoms with Crippen molar-refractivity contribution in [1.82, 2.24) is 14.4 Å². The smallest absolute Gasteiger partial charge is 0.248 e. The Morgan fingerprint density at radius 3 is 2.79 bits per heavy atom. The van der Waals surface area contributed by atoms with Gasteiger partial charge in [-0.05, 0) is 32.4 Å². The van der Waals surface area contributed by atoms with E-state index in [0.717, 1.165) is 0 Å². The summed E-state index contributed by atoms with van der Waals surface area (Å²) in [6, 6.07) is 7.36. The highest BCUT2D eigenvalue weighted by atomic mass is 32.2. The molecular formula is C18H21N5O4S. The van der Waals surface area contributed by atoms with Gasteiger partial charge in [0.15, 0.2) is 5.76 Å². The zero-order valence-electron chi connectivity index (χ0n) is 15.8. The van der Waals surface area contributed by atoms with Crippen molar-refractivity contribution in [3.05, 3.63) is 35.3 Å². The van der Waals surface area contributed by atoms with Gasteiger partial charge < -0.3 is 14.2 Å². The Morgan fingerprint density at radius 2 is 2.07 bits per heavy atom. The Hall–Kier alpha value is -2.48. The third-order valence-electron chi connectivity index (χ3n) is 5.27. The van der Waals surface area contributed by atoms with E-state index in [0.29, 0.717) is 55.6 Å². The highest BCUT2D eigenvalue weighted by Crippen LogP contribution is 2.35. The van der Waals surface area contributed by atoms with Crippen LogP contribution in [0.3, 0.4) is 0 Å². The molecule has 2 aromatic heterocycles. The molecule has 2 aliphatic heterocycles. The van der Waals surface area contributed by atoms with Crippen molar-refractivity contribution in [1.29, 1.82) is 5.26 Å². The quantitative estimate of drug-likeness (QED) is 0.752. The van der Waals surface area contributed by atoms with Crippen LogP contribution in [0.1, 0.15) is 23.6 Å². The molecule has 0 saturated carbocycles. The van der Waals surface area contributed by atoms with Crippen LogP contribution in [0.5, 0.6) is 0 Å². The molecule has 0 radical (unpaired) electrons. The normalized spacial score (nSPS) is 23.2. The second-order valence-electron chi connectivity index (χ2n) is 7.19. The average molecular weight is 403 g/mol. The van der Waals surface area contributed by atoms with Crippen LogP contribution in [-0.2, 0) is 14.8 Å². The molecule has 1 unspecified atom stereocenters. The van der Waals surface area contributed by atoms with Crippen LogP contribution in [0.25, 0.3) is 0 Å². The lowest BCUT2D eigenvalue weighted by Crippen LogP contribution is -2.54. The summed E-state index contributed by atoms with van der Waals surface area (Å²) in [7, 11) is -3.70. The molecule has 2 saturated heterocycles. The maximum absolute atomic E-state index is 13.1. The molecule has 2 fully saturated rings. The summed E-state index contributed by atoms with van der Waals surface area (Å²) >= 11 is 0. The Kier molecular flexibility index (Phi) is 4.61. The molecule has 0 aromatic carbocycles. The minimum Gasteiger partial charge on any atom is -0.370 e. The minimum absolute atomic E-state index is 0.139. The number of hydrogen-bond acceptors (Lipinski definition) is 8. The molecule has 4 heterocycles. The zero-order chi connectivity index (χ0) is 19.9. The Morgan fingerprint density at radius 1 is 1.25 bits per heavy atom. The number of nitrogens with zero attached hydrogens (tertiary/aromatic N) is 5. The SMILES string of the molecule is Cc1noc(C)c1S(=O)(=O)N1CCC2(CN(c3cccc(C#N)n3)CCO2)C1. The molecule has 0 aliphatic carbocycles. The maximum Gasteiger partial charge on any atom is 0.248 e. The van der Waals surface area contributed by atoms with Crippen molar-refractivity contribution >= 4 is 15.8 Å². The molecule has 4 rings (SSSR count). The first-order valence-corrected chi connectivity index (χ1v) is 10.5. The van der Waals surface area contributed by atoms with E-state index >= 15 is 0 Å². The van der Waals surface area contributed by atoms with Gasteiger partial charge in [-0.1, -0.05) is 11.2 Å². The topological polar surface area (TPSA) is 113 Å². The summed E-state index contributed by atoms with van der Waals surface area (Å²) in [5.74, 6) is 0.996. The van der Waals surface area contributed by atoms with Gasteiger partial charge in [0, 0.05) is 26.2 Å². The van der Waals surface area contributed by atoms with Crippen molar-refractivity contribution in [2.75, 3.05) is 37.7 Å². The third-order valence-corrected chi connectivity index (χ3v) is 7.36. The molecule has 1 spiro atoms. The van der Waals surface area contributed by atoms with Gasteiger partial charge in [0.05, 0.1) is 6.61 Å². The predicted molar refractivity (Wildman–Crippen MR) is 99.2 cm³/mol. The molecular weight excluding hydrogens is 382 g/mol. The van der Waals surface area contributed by atoms with E-state index in [2.05, 4.69) is 15.0 Å². The summed E-state index contributed by atoms with van der Waals surface area (Å²) < 4.78 is 38.8. The lowest BCUT2D eigenvalue weighted by Gasteiger charge is -2.41. The van der Waals surface area contributed by atoms with E-state index in [1.165, 1.54) is 4.31 Å². The number of aryl methyl sites for hydroxylation is 2. The van der Waals surface area contributed by atoms with Gasteiger partial charge in [-0.3, -0.25) is 0 Å². The van der Waals surface area contributed by atoms with E-state index in [1.807, 2.05) is 12.1 Å². The van der Waals surface area contributed by atoms with Crippen molar-refractivity contribution < 1.29 is 17.7 Å². The number of anilines is 1. The van der Waals surface area contributed by atoms with Crippen molar-refractivity contribution in [2.24, 2.45) is 0 Å². The van der Waals surface area contributed by atoms with Gasteiger partial charge in [0.1, 0.15) is 33.8 Å². The van der Waals surface area contributed by atoms with Gasteiger partial charge in [-0.2, -0.15) is 9.57 Å². The first-order valence-electron chi connectivity index (χ1n) is 9.04. The van der Waals surface area contributed by atoms with Crippen LogP contribution in [0.4, 0.5) is 5.82 Å². The van der Waals surface area contributed by atoms with Crippen LogP contribution < -0.4 is 4.90 Å². The molecule has 10 heteroatoms. The lowest BCUT2D eigenvalue weighted by atomic mass is 10.0. The standard InChI is InChI=1S/C18H21N5O4S/c1-13-17(14(2)27-21-13)28(24,25)23-7-6-18(12-23)11-22(8-9-26-18)16-5-3-4-15(10-19)20-16/h3-5H,6-9,11-12H2,1-2H3. The minimum atomic E-state index is -3.70. The van der Waals surface area contributed by atoms with Crippen molar-refractivity contribution in [3.63, 3.8) is 0 Å². The molecule has 0 bridgehead atoms. The molecule has 2 aliphatic rings.